The number of nitrogens with two attached hydrogens (primary N) is 1. The Labute approximate surface area is 215 Å². The summed E-state index contributed by atoms with van der Waals surface area (Å²) in [5.74, 6) is -1.38. The van der Waals surface area contributed by atoms with Gasteiger partial charge < -0.3 is 19.8 Å². The van der Waals surface area contributed by atoms with Crippen molar-refractivity contribution >= 4 is 21.4 Å². The van der Waals surface area contributed by atoms with Gasteiger partial charge >= 0.3 is 12.5 Å². The van der Waals surface area contributed by atoms with Crippen molar-refractivity contribution in [2.24, 2.45) is 5.73 Å². The highest BCUT2D eigenvalue weighted by molar-refractivity contribution is 7.91. The molecule has 0 spiro atoms. The quantitative estimate of drug-likeness (QED) is 0.453. The molecule has 0 unspecified atom stereocenters. The van der Waals surface area contributed by atoms with E-state index in [-0.39, 0.29) is 23.0 Å². The monoisotopic (exact) mass is 556 g/mol. The lowest BCUT2D eigenvalue weighted by Gasteiger charge is -2.24. The fourth-order valence-electron chi connectivity index (χ4n) is 3.69. The summed E-state index contributed by atoms with van der Waals surface area (Å²) in [4.78, 5) is 14.2. The zero-order valence-electron chi connectivity index (χ0n) is 20.5. The highest BCUT2D eigenvalue weighted by atomic mass is 32.2. The molecule has 1 aliphatic heterocycles. The molecule has 14 heteroatoms. The molecule has 38 heavy (non-hydrogen) atoms. The smallest absolute Gasteiger partial charge is 0.428 e. The number of amides is 1. The average molecular weight is 557 g/mol. The lowest BCUT2D eigenvalue weighted by atomic mass is 9.97. The van der Waals surface area contributed by atoms with Crippen LogP contribution in [0.3, 0.4) is 0 Å². The van der Waals surface area contributed by atoms with Crippen molar-refractivity contribution in [1.29, 1.82) is 0 Å². The van der Waals surface area contributed by atoms with Gasteiger partial charge in [0.05, 0.1) is 28.9 Å². The van der Waals surface area contributed by atoms with Crippen molar-refractivity contribution in [3.63, 3.8) is 0 Å². The molecule has 0 saturated carbocycles. The van der Waals surface area contributed by atoms with Crippen LogP contribution in [-0.4, -0.2) is 48.9 Å². The first-order chi connectivity index (χ1) is 17.6. The average Bonchev–Trinajstić information content (AvgIpc) is 3.31. The number of rotatable bonds is 6. The Balaban J connectivity index is 1.72. The van der Waals surface area contributed by atoms with Gasteiger partial charge in [-0.2, -0.15) is 17.6 Å². The predicted octanol–water partition coefficient (Wildman–Crippen LogP) is 3.92. The third kappa shape index (κ3) is 5.50. The number of aromatic nitrogens is 2. The van der Waals surface area contributed by atoms with Crippen LogP contribution in [0.25, 0.3) is 11.5 Å². The molecule has 204 valence electrons. The second-order valence-electron chi connectivity index (χ2n) is 9.77. The number of hydrogen-bond donors (Lipinski definition) is 1. The van der Waals surface area contributed by atoms with Crippen molar-refractivity contribution < 1.29 is 39.9 Å². The number of ether oxygens (including phenoxy) is 1. The Morgan fingerprint density at radius 2 is 1.79 bits per heavy atom. The summed E-state index contributed by atoms with van der Waals surface area (Å²) in [6, 6.07) is 7.48. The van der Waals surface area contributed by atoms with Crippen LogP contribution in [0.2, 0.25) is 0 Å². The molecule has 1 atom stereocenters. The molecule has 1 aliphatic rings. The molecule has 2 aromatic carbocycles. The van der Waals surface area contributed by atoms with Gasteiger partial charge in [-0.3, -0.25) is 4.79 Å². The second kappa shape index (κ2) is 9.66. The van der Waals surface area contributed by atoms with Crippen molar-refractivity contribution in [1.82, 2.24) is 10.2 Å². The van der Waals surface area contributed by atoms with Crippen molar-refractivity contribution in [3.05, 3.63) is 53.9 Å². The zero-order valence-corrected chi connectivity index (χ0v) is 21.3. The molecule has 9 nitrogen and oxygen atoms in total. The predicted molar refractivity (Wildman–Crippen MR) is 128 cm³/mol. The summed E-state index contributed by atoms with van der Waals surface area (Å²) in [5, 5.41) is 8.07. The minimum absolute atomic E-state index is 0.0144. The van der Waals surface area contributed by atoms with Gasteiger partial charge in [-0.1, -0.05) is 32.9 Å². The fourth-order valence-corrected chi connectivity index (χ4v) is 5.25. The van der Waals surface area contributed by atoms with E-state index < -0.39 is 51.2 Å². The van der Waals surface area contributed by atoms with Crippen LogP contribution >= 0.6 is 0 Å². The number of anilines is 1. The summed E-state index contributed by atoms with van der Waals surface area (Å²) < 4.78 is 87.1. The summed E-state index contributed by atoms with van der Waals surface area (Å²) >= 11 is 0. The maximum Gasteiger partial charge on any atom is 0.461 e. The second-order valence-corrected chi connectivity index (χ2v) is 11.8. The lowest BCUT2D eigenvalue weighted by molar-refractivity contribution is -0.253. The van der Waals surface area contributed by atoms with Crippen LogP contribution < -0.4 is 15.4 Å². The molecule has 2 N–H and O–H groups in total. The number of hydrogen-bond acceptors (Lipinski definition) is 8. The number of fused-ring (bicyclic) bond motifs is 1. The third-order valence-electron chi connectivity index (χ3n) is 5.65. The highest BCUT2D eigenvalue weighted by Crippen LogP contribution is 2.36. The van der Waals surface area contributed by atoms with Crippen molar-refractivity contribution in [2.75, 3.05) is 10.7 Å². The van der Waals surface area contributed by atoms with Gasteiger partial charge in [-0.15, -0.1) is 10.2 Å². The molecule has 0 radical (unpaired) electrons. The zero-order chi connectivity index (χ0) is 28.0. The van der Waals surface area contributed by atoms with Gasteiger partial charge in [0.1, 0.15) is 5.75 Å². The molecule has 3 aromatic rings. The van der Waals surface area contributed by atoms with Crippen LogP contribution in [0.5, 0.6) is 5.75 Å². The third-order valence-corrected chi connectivity index (χ3v) is 7.47. The molecule has 1 aromatic heterocycles. The number of nitrogens with zero attached hydrogens (tertiary/aromatic N) is 3. The van der Waals surface area contributed by atoms with E-state index >= 15 is 0 Å². The first-order valence-electron chi connectivity index (χ1n) is 11.3. The molecule has 4 rings (SSSR count). The number of carbonyl (C=O) groups excluding carboxylic acids is 1. The van der Waals surface area contributed by atoms with E-state index in [4.69, 9.17) is 10.2 Å². The van der Waals surface area contributed by atoms with Gasteiger partial charge in [0, 0.05) is 11.0 Å². The van der Waals surface area contributed by atoms with E-state index in [9.17, 15) is 30.8 Å². The highest BCUT2D eigenvalue weighted by Gasteiger charge is 2.44. The van der Waals surface area contributed by atoms with E-state index in [1.54, 1.807) is 0 Å². The van der Waals surface area contributed by atoms with E-state index in [1.165, 1.54) is 30.3 Å². The largest absolute Gasteiger partial charge is 0.461 e. The number of halogens is 4. The molecule has 0 saturated heterocycles. The minimum Gasteiger partial charge on any atom is -0.428 e. The molecular weight excluding hydrogens is 532 g/mol. The number of sulfone groups is 1. The number of carbonyl (C=O) groups is 1. The minimum atomic E-state index is -4.68. The molecule has 0 fully saturated rings. The Hall–Kier alpha value is -3.52. The van der Waals surface area contributed by atoms with E-state index in [2.05, 4.69) is 14.9 Å². The summed E-state index contributed by atoms with van der Waals surface area (Å²) in [6.45, 7) is 5.42. The number of alkyl halides is 4. The maximum atomic E-state index is 13.2. The fraction of sp³-hybridized carbons (Fsp3) is 0.375. The van der Waals surface area contributed by atoms with Crippen LogP contribution in [-0.2, 0) is 26.6 Å². The normalized spacial score (nSPS) is 17.9. The molecular formula is C24H24F4N4O5S. The summed E-state index contributed by atoms with van der Waals surface area (Å²) in [6.07, 6.45) is -8.70. The van der Waals surface area contributed by atoms with Gasteiger partial charge in [0.25, 0.3) is 0 Å². The van der Waals surface area contributed by atoms with E-state index in [0.29, 0.717) is 17.0 Å². The first-order valence-corrected chi connectivity index (χ1v) is 13.0. The summed E-state index contributed by atoms with van der Waals surface area (Å²) in [7, 11) is -3.97. The van der Waals surface area contributed by atoms with Crippen molar-refractivity contribution in [2.45, 2.75) is 56.2 Å². The molecule has 0 bridgehead atoms. The topological polar surface area (TPSA) is 129 Å². The van der Waals surface area contributed by atoms with Crippen LogP contribution in [0.15, 0.2) is 51.8 Å². The lowest BCUT2D eigenvalue weighted by Crippen LogP contribution is -2.45. The Morgan fingerprint density at radius 3 is 2.37 bits per heavy atom. The first kappa shape index (κ1) is 27.5. The van der Waals surface area contributed by atoms with Gasteiger partial charge in [-0.05, 0) is 35.9 Å². The number of benzene rings is 2. The standard InChI is InChI=1S/C24H24F4N4O5S/c1-23(2,3)22-31-30-19(36-22)14-6-9-18-17(10-14)32(20(33)16(29)12-38(18,34)35)11-13-4-7-15(8-5-13)37-24(27,28)21(25)26/h4-10,16,21H,11-12,29H2,1-3H3/t16-/m0/s1. The SMILES string of the molecule is CC(C)(C)c1nnc(-c2ccc3c(c2)N(Cc2ccc(OC(F)(F)C(F)F)cc2)C(=O)[C@@H](N)CS3(=O)=O)o1. The van der Waals surface area contributed by atoms with Crippen LogP contribution in [0.4, 0.5) is 23.2 Å². The van der Waals surface area contributed by atoms with Gasteiger partial charge in [0.2, 0.25) is 17.7 Å². The summed E-state index contributed by atoms with van der Waals surface area (Å²) in [5.41, 5.74) is 6.21. The van der Waals surface area contributed by atoms with E-state index in [0.717, 1.165) is 17.0 Å². The Bertz CT molecular complexity index is 1450. The van der Waals surface area contributed by atoms with E-state index in [1.807, 2.05) is 20.8 Å². The molecule has 2 heterocycles. The Morgan fingerprint density at radius 1 is 1.13 bits per heavy atom. The van der Waals surface area contributed by atoms with Gasteiger partial charge in [0.15, 0.2) is 9.84 Å². The maximum absolute atomic E-state index is 13.2. The molecule has 0 aliphatic carbocycles. The van der Waals surface area contributed by atoms with Gasteiger partial charge in [-0.25, -0.2) is 8.42 Å². The van der Waals surface area contributed by atoms with Crippen LogP contribution in [0.1, 0.15) is 32.2 Å². The van der Waals surface area contributed by atoms with Crippen molar-refractivity contribution in [3.8, 4) is 17.2 Å². The Kier molecular flexibility index (Phi) is 6.99. The van der Waals surface area contributed by atoms with Crippen LogP contribution in [0, 0.1) is 0 Å². The molecule has 1 amide bonds.